The van der Waals surface area contributed by atoms with Gasteiger partial charge in [-0.1, -0.05) is 18.2 Å². The number of hydrogen-bond donors (Lipinski definition) is 2. The van der Waals surface area contributed by atoms with E-state index in [1.807, 2.05) is 70.2 Å². The smallest absolute Gasteiger partial charge is 0.252 e. The van der Waals surface area contributed by atoms with Crippen molar-refractivity contribution in [1.29, 1.82) is 0 Å². The van der Waals surface area contributed by atoms with E-state index >= 15 is 0 Å². The third-order valence-corrected chi connectivity index (χ3v) is 4.51. The van der Waals surface area contributed by atoms with E-state index in [0.29, 0.717) is 0 Å². The molecule has 0 saturated heterocycles. The van der Waals surface area contributed by atoms with Crippen LogP contribution in [0.15, 0.2) is 42.5 Å². The van der Waals surface area contributed by atoms with E-state index in [4.69, 9.17) is 0 Å². The molecule has 0 saturated carbocycles. The molecule has 0 aliphatic carbocycles. The molecule has 0 unspecified atom stereocenters. The van der Waals surface area contributed by atoms with Crippen LogP contribution in [-0.4, -0.2) is 23.9 Å². The second-order valence-corrected chi connectivity index (χ2v) is 7.01. The number of anilines is 3. The van der Waals surface area contributed by atoms with Crippen LogP contribution in [0.4, 0.5) is 17.1 Å². The van der Waals surface area contributed by atoms with Gasteiger partial charge in [0.2, 0.25) is 5.91 Å². The van der Waals surface area contributed by atoms with Crippen molar-refractivity contribution in [1.82, 2.24) is 0 Å². The molecular weight excluding hydrogens is 314 g/mol. The zero-order valence-electron chi connectivity index (χ0n) is 15.0. The molecule has 2 aromatic rings. The highest BCUT2D eigenvalue weighted by molar-refractivity contribution is 6.11. The average Bonchev–Trinajstić information content (AvgIpc) is 2.55. The number of amides is 2. The molecule has 1 heterocycles. The number of rotatable bonds is 3. The largest absolute Gasteiger partial charge is 0.370 e. The zero-order chi connectivity index (χ0) is 18.2. The number of nitrogens with zero attached hydrogens (tertiary/aromatic N) is 1. The van der Waals surface area contributed by atoms with E-state index in [9.17, 15) is 9.59 Å². The molecule has 3 rings (SSSR count). The van der Waals surface area contributed by atoms with Crippen LogP contribution >= 0.6 is 0 Å². The Bertz CT molecular complexity index is 843. The number of fused-ring (bicyclic) bond motifs is 1. The standard InChI is InChI=1S/C20H23N3O2/c1-13-9-10-15(11-14(13)2)21-18(24)12-23-17-8-6-5-7-16(17)22-20(3,4)19(23)25/h5-11,22H,12H2,1-4H3,(H,21,24). The quantitative estimate of drug-likeness (QED) is 0.901. The number of para-hydroxylation sites is 2. The Morgan fingerprint density at radius 2 is 1.84 bits per heavy atom. The molecule has 25 heavy (non-hydrogen) atoms. The first kappa shape index (κ1) is 17.0. The van der Waals surface area contributed by atoms with Crippen molar-refractivity contribution >= 4 is 28.9 Å². The van der Waals surface area contributed by atoms with Crippen molar-refractivity contribution in [2.24, 2.45) is 0 Å². The molecule has 130 valence electrons. The Morgan fingerprint density at radius 1 is 1.12 bits per heavy atom. The summed E-state index contributed by atoms with van der Waals surface area (Å²) in [6.45, 7) is 7.65. The minimum absolute atomic E-state index is 0.0200. The Labute approximate surface area is 148 Å². The lowest BCUT2D eigenvalue weighted by molar-refractivity contribution is -0.124. The van der Waals surface area contributed by atoms with Crippen molar-refractivity contribution < 1.29 is 9.59 Å². The number of carbonyl (C=O) groups excluding carboxylic acids is 2. The van der Waals surface area contributed by atoms with E-state index in [0.717, 1.165) is 22.6 Å². The van der Waals surface area contributed by atoms with E-state index in [1.54, 1.807) is 4.90 Å². The van der Waals surface area contributed by atoms with Crippen LogP contribution in [-0.2, 0) is 9.59 Å². The van der Waals surface area contributed by atoms with E-state index in [-0.39, 0.29) is 18.4 Å². The second-order valence-electron chi connectivity index (χ2n) is 7.01. The second kappa shape index (κ2) is 6.24. The van der Waals surface area contributed by atoms with Gasteiger partial charge in [-0.25, -0.2) is 0 Å². The van der Waals surface area contributed by atoms with E-state index in [1.165, 1.54) is 5.56 Å². The number of hydrogen-bond acceptors (Lipinski definition) is 3. The maximum absolute atomic E-state index is 12.8. The number of carbonyl (C=O) groups is 2. The van der Waals surface area contributed by atoms with Gasteiger partial charge in [0.05, 0.1) is 11.4 Å². The summed E-state index contributed by atoms with van der Waals surface area (Å²) in [5.41, 5.74) is 3.85. The van der Waals surface area contributed by atoms with Crippen molar-refractivity contribution in [3.63, 3.8) is 0 Å². The van der Waals surface area contributed by atoms with Crippen LogP contribution in [0.1, 0.15) is 25.0 Å². The summed E-state index contributed by atoms with van der Waals surface area (Å²) in [6, 6.07) is 13.3. The fourth-order valence-corrected chi connectivity index (χ4v) is 2.97. The van der Waals surface area contributed by atoms with Crippen LogP contribution in [0.2, 0.25) is 0 Å². The first-order valence-electron chi connectivity index (χ1n) is 8.34. The van der Waals surface area contributed by atoms with Crippen LogP contribution < -0.4 is 15.5 Å². The summed E-state index contributed by atoms with van der Waals surface area (Å²) in [7, 11) is 0. The van der Waals surface area contributed by atoms with Crippen molar-refractivity contribution in [2.75, 3.05) is 22.1 Å². The summed E-state index contributed by atoms with van der Waals surface area (Å²) < 4.78 is 0. The highest BCUT2D eigenvalue weighted by Gasteiger charge is 2.39. The molecule has 0 spiro atoms. The molecule has 0 fully saturated rings. The molecule has 5 heteroatoms. The molecule has 2 aromatic carbocycles. The number of nitrogens with one attached hydrogen (secondary N) is 2. The summed E-state index contributed by atoms with van der Waals surface area (Å²) >= 11 is 0. The zero-order valence-corrected chi connectivity index (χ0v) is 15.0. The van der Waals surface area contributed by atoms with Gasteiger partial charge in [0, 0.05) is 5.69 Å². The minimum atomic E-state index is -0.755. The topological polar surface area (TPSA) is 61.4 Å². The molecule has 1 aliphatic rings. The minimum Gasteiger partial charge on any atom is -0.370 e. The molecule has 0 bridgehead atoms. The monoisotopic (exact) mass is 337 g/mol. The normalized spacial score (nSPS) is 15.4. The third kappa shape index (κ3) is 3.36. The van der Waals surface area contributed by atoms with Gasteiger partial charge >= 0.3 is 0 Å². The van der Waals surface area contributed by atoms with Gasteiger partial charge in [-0.3, -0.25) is 14.5 Å². The fourth-order valence-electron chi connectivity index (χ4n) is 2.97. The van der Waals surface area contributed by atoms with Gasteiger partial charge in [-0.15, -0.1) is 0 Å². The molecular formula is C20H23N3O2. The summed E-state index contributed by atoms with van der Waals surface area (Å²) in [5.74, 6) is -0.342. The number of aryl methyl sites for hydroxylation is 2. The molecule has 1 aliphatic heterocycles. The lowest BCUT2D eigenvalue weighted by Crippen LogP contribution is -2.55. The summed E-state index contributed by atoms with van der Waals surface area (Å²) in [4.78, 5) is 26.8. The van der Waals surface area contributed by atoms with Gasteiger partial charge in [-0.05, 0) is 63.1 Å². The fraction of sp³-hybridized carbons (Fsp3) is 0.300. The predicted octanol–water partition coefficient (Wildman–Crippen LogP) is 3.48. The molecule has 0 aromatic heterocycles. The first-order chi connectivity index (χ1) is 11.8. The highest BCUT2D eigenvalue weighted by atomic mass is 16.2. The van der Waals surface area contributed by atoms with Crippen molar-refractivity contribution in [3.8, 4) is 0 Å². The Morgan fingerprint density at radius 3 is 2.56 bits per heavy atom. The van der Waals surface area contributed by atoms with E-state index in [2.05, 4.69) is 10.6 Å². The lowest BCUT2D eigenvalue weighted by atomic mass is 9.98. The first-order valence-corrected chi connectivity index (χ1v) is 8.34. The van der Waals surface area contributed by atoms with Gasteiger partial charge < -0.3 is 10.6 Å². The van der Waals surface area contributed by atoms with Crippen LogP contribution in [0.3, 0.4) is 0 Å². The third-order valence-electron chi connectivity index (χ3n) is 4.51. The summed E-state index contributed by atoms with van der Waals surface area (Å²) in [6.07, 6.45) is 0. The van der Waals surface area contributed by atoms with Gasteiger partial charge in [0.25, 0.3) is 5.91 Å². The average molecular weight is 337 g/mol. The molecule has 2 N–H and O–H groups in total. The number of benzene rings is 2. The molecule has 0 atom stereocenters. The van der Waals surface area contributed by atoms with Gasteiger partial charge in [0.1, 0.15) is 12.1 Å². The Balaban J connectivity index is 1.82. The van der Waals surface area contributed by atoms with Crippen molar-refractivity contribution in [3.05, 3.63) is 53.6 Å². The van der Waals surface area contributed by atoms with Crippen LogP contribution in [0, 0.1) is 13.8 Å². The Kier molecular flexibility index (Phi) is 4.25. The highest BCUT2D eigenvalue weighted by Crippen LogP contribution is 2.34. The van der Waals surface area contributed by atoms with E-state index < -0.39 is 5.54 Å². The summed E-state index contributed by atoms with van der Waals surface area (Å²) in [5, 5.41) is 6.11. The SMILES string of the molecule is Cc1ccc(NC(=O)CN2C(=O)C(C)(C)Nc3ccccc32)cc1C. The molecule has 5 nitrogen and oxygen atoms in total. The maximum atomic E-state index is 12.8. The Hall–Kier alpha value is -2.82. The lowest BCUT2D eigenvalue weighted by Gasteiger charge is -2.39. The molecule has 0 radical (unpaired) electrons. The molecule has 2 amide bonds. The van der Waals surface area contributed by atoms with Gasteiger partial charge in [-0.2, -0.15) is 0 Å². The predicted molar refractivity (Wildman–Crippen MR) is 101 cm³/mol. The maximum Gasteiger partial charge on any atom is 0.252 e. The van der Waals surface area contributed by atoms with Gasteiger partial charge in [0.15, 0.2) is 0 Å². The van der Waals surface area contributed by atoms with Crippen LogP contribution in [0.25, 0.3) is 0 Å². The van der Waals surface area contributed by atoms with Crippen LogP contribution in [0.5, 0.6) is 0 Å². The van der Waals surface area contributed by atoms with Crippen molar-refractivity contribution in [2.45, 2.75) is 33.2 Å².